The molecular formula is C12H13N2O2S+. The lowest BCUT2D eigenvalue weighted by Crippen LogP contribution is -2.39. The Kier molecular flexibility index (Phi) is 3.61. The third-order valence-electron chi connectivity index (χ3n) is 2.44. The Bertz CT molecular complexity index is 514. The number of pyridine rings is 2. The third kappa shape index (κ3) is 2.75. The molecule has 2 aromatic heterocycles. The largest absolute Gasteiger partial charge is 0.333 e. The third-order valence-corrected chi connectivity index (χ3v) is 3.38. The van der Waals surface area contributed by atoms with Gasteiger partial charge in [0.05, 0.1) is 21.3 Å². The molecule has 0 radical (unpaired) electrons. The predicted molar refractivity (Wildman–Crippen MR) is 63.6 cm³/mol. The summed E-state index contributed by atoms with van der Waals surface area (Å²) >= 11 is 0. The average Bonchev–Trinajstić information content (AvgIpc) is 2.39. The normalized spacial score (nSPS) is 14.2. The highest BCUT2D eigenvalue weighted by Gasteiger charge is 2.16. The van der Waals surface area contributed by atoms with E-state index in [0.717, 1.165) is 10.5 Å². The standard InChI is InChI=1S/C12H13N2O2S/c1-17(16)11-4-8-14(9-5-11)12(15)10-2-6-13-7-3-10/h2-9,12,15H,1H3/q+1. The lowest BCUT2D eigenvalue weighted by atomic mass is 10.2. The van der Waals surface area contributed by atoms with Crippen LogP contribution < -0.4 is 4.57 Å². The molecule has 0 amide bonds. The van der Waals surface area contributed by atoms with Gasteiger partial charge in [0.2, 0.25) is 0 Å². The molecule has 2 unspecified atom stereocenters. The van der Waals surface area contributed by atoms with E-state index < -0.39 is 17.0 Å². The fourth-order valence-electron chi connectivity index (χ4n) is 1.49. The van der Waals surface area contributed by atoms with Gasteiger partial charge in [-0.25, -0.2) is 0 Å². The molecule has 5 heteroatoms. The van der Waals surface area contributed by atoms with Gasteiger partial charge in [-0.05, 0) is 12.1 Å². The Morgan fingerprint density at radius 1 is 1.24 bits per heavy atom. The van der Waals surface area contributed by atoms with Crippen molar-refractivity contribution in [2.24, 2.45) is 0 Å². The van der Waals surface area contributed by atoms with Crippen molar-refractivity contribution in [3.63, 3.8) is 0 Å². The van der Waals surface area contributed by atoms with Crippen molar-refractivity contribution >= 4 is 10.8 Å². The van der Waals surface area contributed by atoms with E-state index in [1.165, 1.54) is 0 Å². The topological polar surface area (TPSA) is 54.1 Å². The molecule has 0 bridgehead atoms. The lowest BCUT2D eigenvalue weighted by molar-refractivity contribution is -0.749. The molecule has 0 fully saturated rings. The van der Waals surface area contributed by atoms with Gasteiger partial charge in [0.1, 0.15) is 0 Å². The molecule has 4 nitrogen and oxygen atoms in total. The zero-order valence-corrected chi connectivity index (χ0v) is 10.2. The molecule has 0 aliphatic rings. The summed E-state index contributed by atoms with van der Waals surface area (Å²) in [6.45, 7) is 0. The second-order valence-electron chi connectivity index (χ2n) is 3.59. The number of aliphatic hydroxyl groups excluding tert-OH is 1. The van der Waals surface area contributed by atoms with Crippen molar-refractivity contribution in [3.05, 3.63) is 54.6 Å². The van der Waals surface area contributed by atoms with Crippen LogP contribution in [0.1, 0.15) is 11.8 Å². The molecule has 88 valence electrons. The zero-order valence-electron chi connectivity index (χ0n) is 9.35. The Hall–Kier alpha value is -1.59. The molecule has 1 N–H and O–H groups in total. The summed E-state index contributed by atoms with van der Waals surface area (Å²) < 4.78 is 12.9. The van der Waals surface area contributed by atoms with Crippen LogP contribution in [0.5, 0.6) is 0 Å². The summed E-state index contributed by atoms with van der Waals surface area (Å²) in [6.07, 6.45) is 7.56. The molecule has 0 saturated heterocycles. The molecule has 0 saturated carbocycles. The van der Waals surface area contributed by atoms with E-state index >= 15 is 0 Å². The van der Waals surface area contributed by atoms with Crippen LogP contribution in [-0.4, -0.2) is 20.6 Å². The minimum absolute atomic E-state index is 0.739. The smallest absolute Gasteiger partial charge is 0.287 e. The van der Waals surface area contributed by atoms with Crippen LogP contribution in [0.2, 0.25) is 0 Å². The van der Waals surface area contributed by atoms with Gasteiger partial charge in [-0.3, -0.25) is 9.19 Å². The summed E-state index contributed by atoms with van der Waals surface area (Å²) in [5.74, 6) is 0. The summed E-state index contributed by atoms with van der Waals surface area (Å²) in [5, 5.41) is 10.1. The van der Waals surface area contributed by atoms with Crippen molar-refractivity contribution < 1.29 is 13.9 Å². The molecule has 17 heavy (non-hydrogen) atoms. The SMILES string of the molecule is CS(=O)c1cc[n+](C(O)c2ccncc2)cc1. The predicted octanol–water partition coefficient (Wildman–Crippen LogP) is 0.646. The second-order valence-corrected chi connectivity index (χ2v) is 4.97. The summed E-state index contributed by atoms with van der Waals surface area (Å²) in [6, 6.07) is 6.98. The Balaban J connectivity index is 2.26. The minimum Gasteiger partial charge on any atom is -0.333 e. The summed E-state index contributed by atoms with van der Waals surface area (Å²) in [4.78, 5) is 4.64. The quantitative estimate of drug-likeness (QED) is 0.812. The number of nitrogens with zero attached hydrogens (tertiary/aromatic N) is 2. The molecule has 0 spiro atoms. The zero-order chi connectivity index (χ0) is 12.3. The highest BCUT2D eigenvalue weighted by molar-refractivity contribution is 7.84. The highest BCUT2D eigenvalue weighted by Crippen LogP contribution is 2.08. The maximum absolute atomic E-state index is 11.2. The second kappa shape index (κ2) is 5.16. The van der Waals surface area contributed by atoms with E-state index in [1.54, 1.807) is 59.9 Å². The molecule has 2 atom stereocenters. The van der Waals surface area contributed by atoms with E-state index in [-0.39, 0.29) is 0 Å². The highest BCUT2D eigenvalue weighted by atomic mass is 32.2. The molecule has 0 aliphatic carbocycles. The van der Waals surface area contributed by atoms with Crippen molar-refractivity contribution in [3.8, 4) is 0 Å². The molecular weight excluding hydrogens is 236 g/mol. The first-order valence-corrected chi connectivity index (χ1v) is 6.66. The minimum atomic E-state index is -1.000. The number of aliphatic hydroxyl groups is 1. The molecule has 0 aliphatic heterocycles. The van der Waals surface area contributed by atoms with E-state index in [4.69, 9.17) is 0 Å². The van der Waals surface area contributed by atoms with Crippen LogP contribution in [0.3, 0.4) is 0 Å². The number of rotatable bonds is 3. The van der Waals surface area contributed by atoms with Crippen LogP contribution >= 0.6 is 0 Å². The van der Waals surface area contributed by atoms with Gasteiger partial charge in [0, 0.05) is 30.8 Å². The number of hydrogen-bond acceptors (Lipinski definition) is 3. The van der Waals surface area contributed by atoms with Gasteiger partial charge in [-0.15, -0.1) is 0 Å². The van der Waals surface area contributed by atoms with Crippen molar-refractivity contribution in [1.82, 2.24) is 4.98 Å². The number of aromatic nitrogens is 2. The van der Waals surface area contributed by atoms with Gasteiger partial charge in [-0.2, -0.15) is 4.57 Å². The van der Waals surface area contributed by atoms with Crippen LogP contribution in [0.15, 0.2) is 53.9 Å². The van der Waals surface area contributed by atoms with Gasteiger partial charge in [-0.1, -0.05) is 0 Å². The van der Waals surface area contributed by atoms with Crippen LogP contribution in [0.25, 0.3) is 0 Å². The van der Waals surface area contributed by atoms with Gasteiger partial charge in [0.25, 0.3) is 6.23 Å². The van der Waals surface area contributed by atoms with Crippen molar-refractivity contribution in [2.75, 3.05) is 6.26 Å². The van der Waals surface area contributed by atoms with Gasteiger partial charge < -0.3 is 5.11 Å². The molecule has 2 heterocycles. The van der Waals surface area contributed by atoms with Gasteiger partial charge in [0.15, 0.2) is 12.4 Å². The van der Waals surface area contributed by atoms with Crippen LogP contribution in [-0.2, 0) is 10.8 Å². The first-order chi connectivity index (χ1) is 8.18. The summed E-state index contributed by atoms with van der Waals surface area (Å²) in [5.41, 5.74) is 0.760. The monoisotopic (exact) mass is 249 g/mol. The Labute approximate surface area is 102 Å². The first kappa shape index (κ1) is 11.9. The lowest BCUT2D eigenvalue weighted by Gasteiger charge is -2.05. The van der Waals surface area contributed by atoms with Crippen LogP contribution in [0, 0.1) is 0 Å². The Morgan fingerprint density at radius 3 is 2.35 bits per heavy atom. The van der Waals surface area contributed by atoms with Crippen LogP contribution in [0.4, 0.5) is 0 Å². The van der Waals surface area contributed by atoms with Crippen molar-refractivity contribution in [2.45, 2.75) is 11.1 Å². The van der Waals surface area contributed by atoms with Gasteiger partial charge >= 0.3 is 0 Å². The maximum Gasteiger partial charge on any atom is 0.287 e. The fraction of sp³-hybridized carbons (Fsp3) is 0.167. The van der Waals surface area contributed by atoms with E-state index in [2.05, 4.69) is 4.98 Å². The first-order valence-electron chi connectivity index (χ1n) is 5.10. The fourth-order valence-corrected chi connectivity index (χ4v) is 1.99. The maximum atomic E-state index is 11.2. The Morgan fingerprint density at radius 2 is 1.82 bits per heavy atom. The molecule has 2 rings (SSSR count). The molecule has 0 aromatic carbocycles. The average molecular weight is 249 g/mol. The molecule has 2 aromatic rings. The van der Waals surface area contributed by atoms with Crippen molar-refractivity contribution in [1.29, 1.82) is 0 Å². The number of hydrogen-bond donors (Lipinski definition) is 1. The van der Waals surface area contributed by atoms with E-state index in [9.17, 15) is 9.32 Å². The van der Waals surface area contributed by atoms with E-state index in [1.807, 2.05) is 0 Å². The summed E-state index contributed by atoms with van der Waals surface area (Å²) in [7, 11) is -1.000. The van der Waals surface area contributed by atoms with E-state index in [0.29, 0.717) is 0 Å².